The van der Waals surface area contributed by atoms with Crippen LogP contribution in [0.2, 0.25) is 0 Å². The number of methoxy groups -OCH3 is 4. The fourth-order valence-electron chi connectivity index (χ4n) is 2.46. The Bertz CT molecular complexity index is 909. The van der Waals surface area contributed by atoms with Gasteiger partial charge >= 0.3 is 0 Å². The van der Waals surface area contributed by atoms with Gasteiger partial charge in [0.2, 0.25) is 0 Å². The van der Waals surface area contributed by atoms with Gasteiger partial charge in [-0.05, 0) is 30.3 Å². The maximum absolute atomic E-state index is 12.3. The summed E-state index contributed by atoms with van der Waals surface area (Å²) in [5.74, 6) is -0.897. The fourth-order valence-corrected chi connectivity index (χ4v) is 2.46. The topological polar surface area (TPSA) is 119 Å². The maximum Gasteiger partial charge on any atom is 0.271 e. The van der Waals surface area contributed by atoms with E-state index in [1.54, 1.807) is 6.07 Å². The molecule has 0 atom stereocenters. The molecule has 0 saturated heterocycles. The minimum Gasteiger partial charge on any atom is -0.545 e. The average Bonchev–Trinajstić information content (AvgIpc) is 2.72. The van der Waals surface area contributed by atoms with Crippen LogP contribution in [-0.2, 0) is 0 Å². The van der Waals surface area contributed by atoms with Crippen molar-refractivity contribution in [2.45, 2.75) is 0 Å². The Labute approximate surface area is 161 Å². The average molecular weight is 387 g/mol. The van der Waals surface area contributed by atoms with Crippen molar-refractivity contribution in [2.24, 2.45) is 5.10 Å². The van der Waals surface area contributed by atoms with Gasteiger partial charge in [0.15, 0.2) is 23.0 Å². The van der Waals surface area contributed by atoms with E-state index in [2.05, 4.69) is 10.5 Å². The van der Waals surface area contributed by atoms with E-state index in [4.69, 9.17) is 18.9 Å². The molecule has 0 heterocycles. The van der Waals surface area contributed by atoms with Crippen molar-refractivity contribution >= 4 is 18.1 Å². The van der Waals surface area contributed by atoms with E-state index in [0.29, 0.717) is 11.5 Å². The molecule has 0 radical (unpaired) electrons. The highest BCUT2D eigenvalue weighted by molar-refractivity contribution is 6.01. The summed E-state index contributed by atoms with van der Waals surface area (Å²) in [6.45, 7) is 0. The molecule has 0 fully saturated rings. The van der Waals surface area contributed by atoms with Crippen LogP contribution in [-0.4, -0.2) is 46.5 Å². The van der Waals surface area contributed by atoms with E-state index >= 15 is 0 Å². The first-order valence-electron chi connectivity index (χ1n) is 7.98. The van der Waals surface area contributed by atoms with Crippen molar-refractivity contribution < 1.29 is 33.6 Å². The van der Waals surface area contributed by atoms with Gasteiger partial charge < -0.3 is 28.8 Å². The number of rotatable bonds is 8. The number of hydrogen-bond donors (Lipinski definition) is 1. The van der Waals surface area contributed by atoms with E-state index in [1.807, 2.05) is 0 Å². The standard InChI is InChI=1S/C19H20N2O7/c1-25-13-7-5-11(9-15(13)27-3)18(22)21-20-10-12-6-8-14(26-2)17(28-4)16(12)19(23)24/h5-10H,1-4H3,(H,21,22)(H,23,24)/p-1/b20-10-. The van der Waals surface area contributed by atoms with Crippen LogP contribution >= 0.6 is 0 Å². The van der Waals surface area contributed by atoms with Crippen LogP contribution in [0, 0.1) is 0 Å². The molecule has 1 N–H and O–H groups in total. The van der Waals surface area contributed by atoms with E-state index in [9.17, 15) is 14.7 Å². The summed E-state index contributed by atoms with van der Waals surface area (Å²) < 4.78 is 20.4. The quantitative estimate of drug-likeness (QED) is 0.527. The van der Waals surface area contributed by atoms with Crippen LogP contribution in [0.15, 0.2) is 35.4 Å². The largest absolute Gasteiger partial charge is 0.545 e. The zero-order valence-electron chi connectivity index (χ0n) is 15.8. The van der Waals surface area contributed by atoms with Crippen molar-refractivity contribution in [3.63, 3.8) is 0 Å². The molecule has 0 aromatic heterocycles. The lowest BCUT2D eigenvalue weighted by molar-refractivity contribution is -0.255. The van der Waals surface area contributed by atoms with Gasteiger partial charge in [-0.1, -0.05) is 0 Å². The number of nitrogens with one attached hydrogen (secondary N) is 1. The van der Waals surface area contributed by atoms with Gasteiger partial charge in [-0.3, -0.25) is 4.79 Å². The third-order valence-electron chi connectivity index (χ3n) is 3.80. The molecule has 28 heavy (non-hydrogen) atoms. The molecular weight excluding hydrogens is 368 g/mol. The van der Waals surface area contributed by atoms with Crippen molar-refractivity contribution in [2.75, 3.05) is 28.4 Å². The highest BCUT2D eigenvalue weighted by Crippen LogP contribution is 2.32. The lowest BCUT2D eigenvalue weighted by Gasteiger charge is -2.15. The predicted molar refractivity (Wildman–Crippen MR) is 98.5 cm³/mol. The Morgan fingerprint density at radius 1 is 0.929 bits per heavy atom. The number of aromatic carboxylic acids is 1. The number of carbonyl (C=O) groups is 2. The van der Waals surface area contributed by atoms with Crippen LogP contribution in [0.5, 0.6) is 23.0 Å². The molecule has 2 rings (SSSR count). The number of amides is 1. The van der Waals surface area contributed by atoms with Crippen molar-refractivity contribution in [1.82, 2.24) is 5.43 Å². The van der Waals surface area contributed by atoms with Gasteiger partial charge in [-0.2, -0.15) is 5.10 Å². The fraction of sp³-hybridized carbons (Fsp3) is 0.211. The monoisotopic (exact) mass is 387 g/mol. The second-order valence-electron chi connectivity index (χ2n) is 5.32. The molecule has 1 amide bonds. The molecule has 9 nitrogen and oxygen atoms in total. The molecule has 9 heteroatoms. The van der Waals surface area contributed by atoms with Crippen molar-refractivity contribution in [1.29, 1.82) is 0 Å². The van der Waals surface area contributed by atoms with Crippen LogP contribution in [0.4, 0.5) is 0 Å². The zero-order chi connectivity index (χ0) is 20.7. The van der Waals surface area contributed by atoms with Crippen molar-refractivity contribution in [3.8, 4) is 23.0 Å². The minimum atomic E-state index is -1.47. The third-order valence-corrected chi connectivity index (χ3v) is 3.80. The predicted octanol–water partition coefficient (Wildman–Crippen LogP) is 0.848. The van der Waals surface area contributed by atoms with Crippen LogP contribution in [0.25, 0.3) is 0 Å². The number of carboxylic acids is 1. The summed E-state index contributed by atoms with van der Waals surface area (Å²) in [5.41, 5.74) is 2.52. The smallest absolute Gasteiger partial charge is 0.271 e. The lowest BCUT2D eigenvalue weighted by atomic mass is 10.1. The molecule has 0 saturated carbocycles. The molecule has 0 aliphatic carbocycles. The molecule has 0 bridgehead atoms. The molecule has 0 unspecified atom stereocenters. The first kappa shape index (κ1) is 20.6. The molecule has 0 aliphatic rings. The number of hydrogen-bond acceptors (Lipinski definition) is 8. The minimum absolute atomic E-state index is 0.00216. The molecule has 2 aromatic rings. The number of benzene rings is 2. The van der Waals surface area contributed by atoms with Gasteiger partial charge in [0, 0.05) is 11.1 Å². The zero-order valence-corrected chi connectivity index (χ0v) is 15.8. The Kier molecular flexibility index (Phi) is 6.80. The Morgan fingerprint density at radius 2 is 1.57 bits per heavy atom. The SMILES string of the molecule is COc1ccc(C(=O)N/N=C\c2ccc(OC)c(OC)c2C(=O)[O-])cc1OC. The number of hydrazone groups is 1. The van der Waals surface area contributed by atoms with Crippen LogP contribution in [0.1, 0.15) is 26.3 Å². The van der Waals surface area contributed by atoms with E-state index < -0.39 is 11.9 Å². The molecule has 2 aromatic carbocycles. The maximum atomic E-state index is 12.3. The highest BCUT2D eigenvalue weighted by atomic mass is 16.5. The summed E-state index contributed by atoms with van der Waals surface area (Å²) in [7, 11) is 5.63. The first-order chi connectivity index (χ1) is 13.5. The molecule has 0 aliphatic heterocycles. The van der Waals surface area contributed by atoms with Gasteiger partial charge in [-0.15, -0.1) is 0 Å². The van der Waals surface area contributed by atoms with Crippen LogP contribution < -0.4 is 29.5 Å². The molecule has 0 spiro atoms. The lowest BCUT2D eigenvalue weighted by Crippen LogP contribution is -2.25. The summed E-state index contributed by atoms with van der Waals surface area (Å²) >= 11 is 0. The number of carboxylic acid groups (broad SMARTS) is 1. The first-order valence-corrected chi connectivity index (χ1v) is 7.98. The molecular formula is C19H19N2O7-. The van der Waals surface area contributed by atoms with Gasteiger partial charge in [0.25, 0.3) is 5.91 Å². The van der Waals surface area contributed by atoms with E-state index in [1.165, 1.54) is 58.9 Å². The van der Waals surface area contributed by atoms with Crippen LogP contribution in [0.3, 0.4) is 0 Å². The number of carbonyl (C=O) groups excluding carboxylic acids is 2. The Hall–Kier alpha value is -3.75. The van der Waals surface area contributed by atoms with E-state index in [0.717, 1.165) is 0 Å². The second kappa shape index (κ2) is 9.26. The summed E-state index contributed by atoms with van der Waals surface area (Å²) in [6.07, 6.45) is 1.17. The van der Waals surface area contributed by atoms with Gasteiger partial charge in [-0.25, -0.2) is 5.43 Å². The second-order valence-corrected chi connectivity index (χ2v) is 5.32. The normalized spacial score (nSPS) is 10.4. The van der Waals surface area contributed by atoms with Gasteiger partial charge in [0.05, 0.1) is 46.2 Å². The van der Waals surface area contributed by atoms with Crippen molar-refractivity contribution in [3.05, 3.63) is 47.0 Å². The number of ether oxygens (including phenoxy) is 4. The Morgan fingerprint density at radius 3 is 2.14 bits per heavy atom. The summed E-state index contributed by atoms with van der Waals surface area (Å²) in [5, 5.41) is 15.3. The third kappa shape index (κ3) is 4.32. The highest BCUT2D eigenvalue weighted by Gasteiger charge is 2.15. The Balaban J connectivity index is 2.25. The van der Waals surface area contributed by atoms with E-state index in [-0.39, 0.29) is 28.2 Å². The summed E-state index contributed by atoms with van der Waals surface area (Å²) in [6, 6.07) is 7.59. The number of nitrogens with zero attached hydrogens (tertiary/aromatic N) is 1. The van der Waals surface area contributed by atoms with Gasteiger partial charge in [0.1, 0.15) is 0 Å². The molecule has 148 valence electrons. The summed E-state index contributed by atoms with van der Waals surface area (Å²) in [4.78, 5) is 23.7.